The fourth-order valence-electron chi connectivity index (χ4n) is 1.22. The van der Waals surface area contributed by atoms with Crippen LogP contribution in [-0.4, -0.2) is 12.9 Å². The lowest BCUT2D eigenvalue weighted by atomic mass is 10.1. The topological polar surface area (TPSA) is 26.3 Å². The summed E-state index contributed by atoms with van der Waals surface area (Å²) < 4.78 is 42.3. The zero-order valence-electron chi connectivity index (χ0n) is 8.48. The minimum absolute atomic E-state index is 0.164. The van der Waals surface area contributed by atoms with Crippen molar-refractivity contribution in [3.05, 3.63) is 27.7 Å². The number of rotatable bonds is 2. The molecule has 0 aliphatic heterocycles. The van der Waals surface area contributed by atoms with Crippen LogP contribution >= 0.6 is 15.9 Å². The van der Waals surface area contributed by atoms with E-state index in [-0.39, 0.29) is 21.6 Å². The minimum Gasteiger partial charge on any atom is -0.496 e. The van der Waals surface area contributed by atoms with E-state index in [0.717, 1.165) is 19.2 Å². The van der Waals surface area contributed by atoms with Gasteiger partial charge in [-0.3, -0.25) is 4.79 Å². The number of methoxy groups -OCH3 is 1. The Balaban J connectivity index is 3.46. The number of ether oxygens (including phenoxy) is 1. The summed E-state index contributed by atoms with van der Waals surface area (Å²) in [5, 5.41) is 0. The Hall–Kier alpha value is -1.04. The van der Waals surface area contributed by atoms with Crippen molar-refractivity contribution in [2.45, 2.75) is 13.1 Å². The van der Waals surface area contributed by atoms with Gasteiger partial charge in [0.25, 0.3) is 0 Å². The van der Waals surface area contributed by atoms with E-state index in [0.29, 0.717) is 0 Å². The monoisotopic (exact) mass is 296 g/mol. The normalized spacial score (nSPS) is 11.4. The highest BCUT2D eigenvalue weighted by Gasteiger charge is 2.37. The molecule has 0 unspecified atom stereocenters. The van der Waals surface area contributed by atoms with Crippen molar-refractivity contribution >= 4 is 21.7 Å². The predicted octanol–water partition coefficient (Wildman–Crippen LogP) is 3.68. The molecule has 0 heterocycles. The largest absolute Gasteiger partial charge is 0.496 e. The fraction of sp³-hybridized carbons (Fsp3) is 0.300. The Morgan fingerprint density at radius 1 is 1.38 bits per heavy atom. The highest BCUT2D eigenvalue weighted by atomic mass is 79.9. The van der Waals surface area contributed by atoms with Gasteiger partial charge in [-0.2, -0.15) is 13.2 Å². The molecule has 1 aromatic carbocycles. The Kier molecular flexibility index (Phi) is 3.62. The summed E-state index contributed by atoms with van der Waals surface area (Å²) in [7, 11) is 1.13. The van der Waals surface area contributed by atoms with Gasteiger partial charge in [-0.05, 0) is 19.1 Å². The molecule has 0 aliphatic rings. The first-order valence-corrected chi connectivity index (χ1v) is 5.02. The molecule has 0 bridgehead atoms. The molecular formula is C10H8BrF3O2. The van der Waals surface area contributed by atoms with Crippen LogP contribution in [0.15, 0.2) is 16.6 Å². The fourth-order valence-corrected chi connectivity index (χ4v) is 1.89. The molecule has 6 heteroatoms. The van der Waals surface area contributed by atoms with Crippen LogP contribution in [0.3, 0.4) is 0 Å². The summed E-state index contributed by atoms with van der Waals surface area (Å²) in [6.45, 7) is 1.27. The van der Waals surface area contributed by atoms with Crippen LogP contribution in [-0.2, 0) is 6.18 Å². The maximum absolute atomic E-state index is 12.6. The maximum atomic E-state index is 12.6. The van der Waals surface area contributed by atoms with Gasteiger partial charge in [0.15, 0.2) is 5.78 Å². The molecule has 0 spiro atoms. The summed E-state index contributed by atoms with van der Waals surface area (Å²) in [5.41, 5.74) is -0.753. The zero-order valence-corrected chi connectivity index (χ0v) is 10.1. The molecule has 2 nitrogen and oxygen atoms in total. The first-order valence-electron chi connectivity index (χ1n) is 4.23. The van der Waals surface area contributed by atoms with Crippen LogP contribution in [0.25, 0.3) is 0 Å². The third-order valence-corrected chi connectivity index (χ3v) is 2.59. The van der Waals surface area contributed by atoms with E-state index in [1.807, 2.05) is 0 Å². The number of benzene rings is 1. The third-order valence-electron chi connectivity index (χ3n) is 1.96. The van der Waals surface area contributed by atoms with Crippen molar-refractivity contribution in [3.63, 3.8) is 0 Å². The van der Waals surface area contributed by atoms with E-state index in [9.17, 15) is 18.0 Å². The summed E-state index contributed by atoms with van der Waals surface area (Å²) in [6.07, 6.45) is -4.53. The third kappa shape index (κ3) is 2.55. The number of alkyl halides is 3. The molecular weight excluding hydrogens is 289 g/mol. The molecule has 1 rings (SSSR count). The molecule has 0 N–H and O–H groups in total. The standard InChI is InChI=1S/C10H8BrF3O2/c1-5(15)6-3-7(11)9(10(12,13)14)8(4-6)16-2/h3-4H,1-2H3. The molecule has 0 saturated carbocycles. The lowest BCUT2D eigenvalue weighted by Gasteiger charge is -2.14. The molecule has 0 aliphatic carbocycles. The molecule has 0 aromatic heterocycles. The van der Waals surface area contributed by atoms with Gasteiger partial charge in [0.2, 0.25) is 0 Å². The van der Waals surface area contributed by atoms with E-state index < -0.39 is 11.7 Å². The SMILES string of the molecule is COc1cc(C(C)=O)cc(Br)c1C(F)(F)F. The van der Waals surface area contributed by atoms with Crippen molar-refractivity contribution in [2.75, 3.05) is 7.11 Å². The van der Waals surface area contributed by atoms with E-state index in [1.165, 1.54) is 6.92 Å². The summed E-state index contributed by atoms with van der Waals surface area (Å²) in [5.74, 6) is -0.695. The second-order valence-corrected chi connectivity index (χ2v) is 3.94. The van der Waals surface area contributed by atoms with E-state index in [1.54, 1.807) is 0 Å². The minimum atomic E-state index is -4.53. The quantitative estimate of drug-likeness (QED) is 0.778. The van der Waals surface area contributed by atoms with Crippen molar-refractivity contribution in [2.24, 2.45) is 0 Å². The summed E-state index contributed by atoms with van der Waals surface area (Å²) in [4.78, 5) is 11.1. The van der Waals surface area contributed by atoms with Crippen LogP contribution in [0, 0.1) is 0 Å². The average Bonchev–Trinajstić information content (AvgIpc) is 2.14. The first-order chi connectivity index (χ1) is 7.27. The highest BCUT2D eigenvalue weighted by Crippen LogP contribution is 2.41. The van der Waals surface area contributed by atoms with Gasteiger partial charge in [-0.25, -0.2) is 0 Å². The summed E-state index contributed by atoms with van der Waals surface area (Å²) >= 11 is 2.79. The number of Topliss-reactive ketones (excluding diaryl/α,β-unsaturated/α-hetero) is 1. The summed E-state index contributed by atoms with van der Waals surface area (Å²) in [6, 6.07) is 2.21. The lowest BCUT2D eigenvalue weighted by molar-refractivity contribution is -0.139. The smallest absolute Gasteiger partial charge is 0.421 e. The van der Waals surface area contributed by atoms with Gasteiger partial charge < -0.3 is 4.74 Å². The predicted molar refractivity (Wildman–Crippen MR) is 55.7 cm³/mol. The van der Waals surface area contributed by atoms with Crippen LogP contribution in [0.1, 0.15) is 22.8 Å². The maximum Gasteiger partial charge on any atom is 0.421 e. The van der Waals surface area contributed by atoms with E-state index in [4.69, 9.17) is 0 Å². The molecule has 0 fully saturated rings. The lowest BCUT2D eigenvalue weighted by Crippen LogP contribution is -2.10. The Morgan fingerprint density at radius 2 is 1.94 bits per heavy atom. The number of ketones is 1. The Bertz CT molecular complexity index is 427. The number of halogens is 4. The van der Waals surface area contributed by atoms with E-state index >= 15 is 0 Å². The van der Waals surface area contributed by atoms with Gasteiger partial charge in [-0.15, -0.1) is 0 Å². The number of carbonyl (C=O) groups excluding carboxylic acids is 1. The number of hydrogen-bond acceptors (Lipinski definition) is 2. The second kappa shape index (κ2) is 4.45. The molecule has 0 radical (unpaired) electrons. The van der Waals surface area contributed by atoms with Gasteiger partial charge in [-0.1, -0.05) is 15.9 Å². The van der Waals surface area contributed by atoms with Crippen molar-refractivity contribution in [1.82, 2.24) is 0 Å². The second-order valence-electron chi connectivity index (χ2n) is 3.09. The first kappa shape index (κ1) is 13.0. The van der Waals surface area contributed by atoms with Gasteiger partial charge in [0.05, 0.1) is 7.11 Å². The van der Waals surface area contributed by atoms with Crippen molar-refractivity contribution < 1.29 is 22.7 Å². The Labute approximate surface area is 98.5 Å². The molecule has 0 amide bonds. The average molecular weight is 297 g/mol. The van der Waals surface area contributed by atoms with Gasteiger partial charge >= 0.3 is 6.18 Å². The molecule has 88 valence electrons. The van der Waals surface area contributed by atoms with Crippen LogP contribution in [0.4, 0.5) is 13.2 Å². The number of hydrogen-bond donors (Lipinski definition) is 0. The van der Waals surface area contributed by atoms with Crippen LogP contribution < -0.4 is 4.74 Å². The van der Waals surface area contributed by atoms with Crippen LogP contribution in [0.5, 0.6) is 5.75 Å². The molecule has 0 atom stereocenters. The van der Waals surface area contributed by atoms with Crippen molar-refractivity contribution in [1.29, 1.82) is 0 Å². The molecule has 0 saturated heterocycles. The Morgan fingerprint density at radius 3 is 2.31 bits per heavy atom. The molecule has 1 aromatic rings. The highest BCUT2D eigenvalue weighted by molar-refractivity contribution is 9.10. The van der Waals surface area contributed by atoms with Crippen molar-refractivity contribution in [3.8, 4) is 5.75 Å². The number of carbonyl (C=O) groups is 1. The molecule has 16 heavy (non-hydrogen) atoms. The van der Waals surface area contributed by atoms with Gasteiger partial charge in [0.1, 0.15) is 11.3 Å². The van der Waals surface area contributed by atoms with Crippen LogP contribution in [0.2, 0.25) is 0 Å². The zero-order chi connectivity index (χ0) is 12.5. The van der Waals surface area contributed by atoms with Gasteiger partial charge in [0, 0.05) is 10.0 Å². The van der Waals surface area contributed by atoms with E-state index in [2.05, 4.69) is 20.7 Å².